The third-order valence-electron chi connectivity index (χ3n) is 5.52. The van der Waals surface area contributed by atoms with Crippen LogP contribution in [-0.4, -0.2) is 43.0 Å². The van der Waals surface area contributed by atoms with Gasteiger partial charge in [0.25, 0.3) is 11.8 Å². The number of amides is 2. The number of carbonyl (C=O) groups excluding carboxylic acids is 4. The summed E-state index contributed by atoms with van der Waals surface area (Å²) in [7, 11) is 0. The summed E-state index contributed by atoms with van der Waals surface area (Å²) in [6.07, 6.45) is 2.58. The van der Waals surface area contributed by atoms with Crippen molar-refractivity contribution >= 4 is 40.1 Å². The molecule has 1 aliphatic carbocycles. The minimum absolute atomic E-state index is 0.235. The maximum Gasteiger partial charge on any atom is 0.341 e. The molecule has 8 nitrogen and oxygen atoms in total. The molecule has 9 heteroatoms. The number of rotatable bonds is 9. The Morgan fingerprint density at radius 1 is 1.06 bits per heavy atom. The third kappa shape index (κ3) is 6.02. The monoisotopic (exact) mass is 486 g/mol. The summed E-state index contributed by atoms with van der Waals surface area (Å²) in [4.78, 5) is 51.2. The maximum absolute atomic E-state index is 12.6. The average Bonchev–Trinajstić information content (AvgIpc) is 3.36. The molecule has 1 heterocycles. The van der Waals surface area contributed by atoms with Crippen LogP contribution < -0.4 is 10.6 Å². The van der Waals surface area contributed by atoms with Crippen LogP contribution in [0.1, 0.15) is 63.9 Å². The van der Waals surface area contributed by atoms with E-state index in [0.29, 0.717) is 16.1 Å². The fourth-order valence-corrected chi connectivity index (χ4v) is 5.02. The van der Waals surface area contributed by atoms with Crippen LogP contribution in [0.5, 0.6) is 0 Å². The molecule has 1 aliphatic rings. The van der Waals surface area contributed by atoms with Crippen LogP contribution in [0.25, 0.3) is 0 Å². The normalized spacial score (nSPS) is 13.2. The summed E-state index contributed by atoms with van der Waals surface area (Å²) in [5.74, 6) is -2.38. The number of hydrogen-bond acceptors (Lipinski definition) is 7. The summed E-state index contributed by atoms with van der Waals surface area (Å²) >= 11 is 1.35. The second-order valence-corrected chi connectivity index (χ2v) is 9.60. The molecule has 2 N–H and O–H groups in total. The molecular weight excluding hydrogens is 456 g/mol. The van der Waals surface area contributed by atoms with Crippen molar-refractivity contribution in [2.24, 2.45) is 5.92 Å². The average molecular weight is 487 g/mol. The van der Waals surface area contributed by atoms with Crippen molar-refractivity contribution in [2.45, 2.75) is 53.0 Å². The highest BCUT2D eigenvalue weighted by Gasteiger charge is 2.30. The lowest BCUT2D eigenvalue weighted by Gasteiger charge is -2.21. The molecule has 182 valence electrons. The maximum atomic E-state index is 12.6. The van der Waals surface area contributed by atoms with Gasteiger partial charge in [0.2, 0.25) is 0 Å². The first-order valence-corrected chi connectivity index (χ1v) is 12.2. The Bertz CT molecular complexity index is 1070. The van der Waals surface area contributed by atoms with Crippen molar-refractivity contribution in [3.63, 3.8) is 0 Å². The summed E-state index contributed by atoms with van der Waals surface area (Å²) in [6.45, 7) is 6.90. The van der Waals surface area contributed by atoms with E-state index in [0.717, 1.165) is 35.3 Å². The van der Waals surface area contributed by atoms with Crippen LogP contribution in [-0.2, 0) is 31.9 Å². The Labute approximate surface area is 203 Å². The Hall–Kier alpha value is -3.20. The van der Waals surface area contributed by atoms with Crippen molar-refractivity contribution in [1.29, 1.82) is 0 Å². The topological polar surface area (TPSA) is 111 Å². The highest BCUT2D eigenvalue weighted by Crippen LogP contribution is 2.39. The first-order valence-electron chi connectivity index (χ1n) is 11.4. The number of ether oxygens (including phenoxy) is 2. The second kappa shape index (κ2) is 11.3. The molecule has 0 radical (unpaired) electrons. The second-order valence-electron chi connectivity index (χ2n) is 8.50. The molecule has 0 spiro atoms. The van der Waals surface area contributed by atoms with Gasteiger partial charge in [0, 0.05) is 10.4 Å². The lowest BCUT2D eigenvalue weighted by Crippen LogP contribution is -2.45. The number of thiophene rings is 1. The van der Waals surface area contributed by atoms with Gasteiger partial charge in [-0.3, -0.25) is 9.59 Å². The molecule has 0 aliphatic heterocycles. The fourth-order valence-electron chi connectivity index (χ4n) is 3.73. The van der Waals surface area contributed by atoms with Gasteiger partial charge in [0.15, 0.2) is 6.61 Å². The summed E-state index contributed by atoms with van der Waals surface area (Å²) in [5.41, 5.74) is 2.77. The molecule has 0 saturated heterocycles. The van der Waals surface area contributed by atoms with E-state index >= 15 is 0 Å². The highest BCUT2D eigenvalue weighted by atomic mass is 32.1. The van der Waals surface area contributed by atoms with Crippen molar-refractivity contribution in [3.05, 3.63) is 51.4 Å². The number of esters is 2. The highest BCUT2D eigenvalue weighted by molar-refractivity contribution is 7.17. The van der Waals surface area contributed by atoms with Crippen LogP contribution in [0.2, 0.25) is 0 Å². The van der Waals surface area contributed by atoms with E-state index in [1.165, 1.54) is 11.3 Å². The Morgan fingerprint density at radius 2 is 1.76 bits per heavy atom. The fraction of sp³-hybridized carbons (Fsp3) is 0.440. The Morgan fingerprint density at radius 3 is 2.41 bits per heavy atom. The largest absolute Gasteiger partial charge is 0.462 e. The Kier molecular flexibility index (Phi) is 8.44. The SMILES string of the molecule is CCOC(=O)c1c(NC(=O)COC(=O)[C@@H](NC(=O)c2ccc(C)cc2)C(C)C)sc2c1CCC2. The molecule has 0 unspecified atom stereocenters. The first-order chi connectivity index (χ1) is 16.2. The summed E-state index contributed by atoms with van der Waals surface area (Å²) in [6, 6.07) is 6.07. The van der Waals surface area contributed by atoms with E-state index in [2.05, 4.69) is 10.6 Å². The lowest BCUT2D eigenvalue weighted by molar-refractivity contribution is -0.150. The van der Waals surface area contributed by atoms with E-state index < -0.39 is 36.4 Å². The van der Waals surface area contributed by atoms with E-state index in [4.69, 9.17) is 9.47 Å². The zero-order chi connectivity index (χ0) is 24.8. The van der Waals surface area contributed by atoms with Gasteiger partial charge in [-0.25, -0.2) is 9.59 Å². The molecule has 0 bridgehead atoms. The number of benzene rings is 1. The molecule has 1 atom stereocenters. The molecule has 3 rings (SSSR count). The van der Waals surface area contributed by atoms with Crippen LogP contribution in [0, 0.1) is 12.8 Å². The van der Waals surface area contributed by atoms with Gasteiger partial charge in [-0.15, -0.1) is 11.3 Å². The van der Waals surface area contributed by atoms with Crippen molar-refractivity contribution in [1.82, 2.24) is 5.32 Å². The summed E-state index contributed by atoms with van der Waals surface area (Å²) < 4.78 is 10.4. The van der Waals surface area contributed by atoms with Crippen LogP contribution >= 0.6 is 11.3 Å². The van der Waals surface area contributed by atoms with E-state index in [9.17, 15) is 19.2 Å². The minimum atomic E-state index is -0.915. The van der Waals surface area contributed by atoms with Crippen molar-refractivity contribution in [2.75, 3.05) is 18.5 Å². The van der Waals surface area contributed by atoms with Gasteiger partial charge >= 0.3 is 11.9 Å². The number of fused-ring (bicyclic) bond motifs is 1. The van der Waals surface area contributed by atoms with E-state index in [1.54, 1.807) is 32.9 Å². The zero-order valence-electron chi connectivity index (χ0n) is 19.9. The summed E-state index contributed by atoms with van der Waals surface area (Å²) in [5, 5.41) is 5.79. The van der Waals surface area contributed by atoms with Gasteiger partial charge in [-0.1, -0.05) is 31.5 Å². The molecule has 0 fully saturated rings. The van der Waals surface area contributed by atoms with Gasteiger partial charge < -0.3 is 20.1 Å². The quantitative estimate of drug-likeness (QED) is 0.524. The van der Waals surface area contributed by atoms with E-state index in [1.807, 2.05) is 19.1 Å². The van der Waals surface area contributed by atoms with Crippen LogP contribution in [0.15, 0.2) is 24.3 Å². The molecule has 2 amide bonds. The molecule has 1 aromatic heterocycles. The molecule has 2 aromatic rings. The first kappa shape index (κ1) is 25.4. The molecule has 34 heavy (non-hydrogen) atoms. The number of aryl methyl sites for hydroxylation is 2. The molecule has 0 saturated carbocycles. The number of nitrogens with one attached hydrogen (secondary N) is 2. The third-order valence-corrected chi connectivity index (χ3v) is 6.73. The standard InChI is InChI=1S/C25H30N2O6S/c1-5-32-24(30)20-17-7-6-8-18(17)34-23(20)26-19(28)13-33-25(31)21(14(2)3)27-22(29)16-11-9-15(4)10-12-16/h9-12,14,21H,5-8,13H2,1-4H3,(H,26,28)(H,27,29)/t21-/m0/s1. The predicted octanol–water partition coefficient (Wildman–Crippen LogP) is 3.66. The van der Waals surface area contributed by atoms with Gasteiger partial charge in [-0.05, 0) is 56.7 Å². The number of hydrogen-bond donors (Lipinski definition) is 2. The smallest absolute Gasteiger partial charge is 0.341 e. The number of carbonyl (C=O) groups is 4. The predicted molar refractivity (Wildman–Crippen MR) is 129 cm³/mol. The lowest BCUT2D eigenvalue weighted by atomic mass is 10.0. The minimum Gasteiger partial charge on any atom is -0.462 e. The zero-order valence-corrected chi connectivity index (χ0v) is 20.7. The van der Waals surface area contributed by atoms with Crippen molar-refractivity contribution < 1.29 is 28.7 Å². The van der Waals surface area contributed by atoms with Crippen LogP contribution in [0.3, 0.4) is 0 Å². The molecular formula is C25H30N2O6S. The van der Waals surface area contributed by atoms with Gasteiger partial charge in [0.1, 0.15) is 11.0 Å². The van der Waals surface area contributed by atoms with E-state index in [-0.39, 0.29) is 12.5 Å². The molecule has 1 aromatic carbocycles. The van der Waals surface area contributed by atoms with Gasteiger partial charge in [-0.2, -0.15) is 0 Å². The van der Waals surface area contributed by atoms with Gasteiger partial charge in [0.05, 0.1) is 12.2 Å². The Balaban J connectivity index is 1.61. The van der Waals surface area contributed by atoms with Crippen molar-refractivity contribution in [3.8, 4) is 0 Å². The number of anilines is 1. The van der Waals surface area contributed by atoms with Crippen LogP contribution in [0.4, 0.5) is 5.00 Å².